The number of rotatable bonds is 2. The largest absolute Gasteiger partial charge is 0.385 e. The maximum Gasteiger partial charge on any atom is 0.180 e. The maximum atomic E-state index is 9.11. The number of anilines is 1. The first kappa shape index (κ1) is 7.46. The molecule has 0 aliphatic heterocycles. The molecule has 0 spiro atoms. The topological polar surface area (TPSA) is 85.2 Å². The Morgan fingerprint density at radius 3 is 2.90 bits per heavy atom. The molecule has 56 valence electrons. The van der Waals surface area contributed by atoms with Crippen molar-refractivity contribution in [2.75, 3.05) is 12.3 Å². The van der Waals surface area contributed by atoms with E-state index in [1.807, 2.05) is 0 Å². The van der Waals surface area contributed by atoms with Crippen LogP contribution < -0.4 is 11.5 Å². The molecule has 1 aromatic heterocycles. The van der Waals surface area contributed by atoms with Crippen LogP contribution in [0.2, 0.25) is 0 Å². The highest BCUT2D eigenvalue weighted by atomic mass is 32.1. The molecule has 1 atom stereocenters. The Kier molecular flexibility index (Phi) is 2.21. The maximum absolute atomic E-state index is 9.11. The first-order valence-electron chi connectivity index (χ1n) is 2.83. The number of aromatic nitrogens is 1. The normalized spacial score (nSPS) is 13.4. The predicted octanol–water partition coefficient (Wildman–Crippen LogP) is -0.283. The van der Waals surface area contributed by atoms with E-state index in [1.54, 1.807) is 5.38 Å². The molecule has 5 heteroatoms. The molecule has 1 rings (SSSR count). The lowest BCUT2D eigenvalue weighted by molar-refractivity contribution is 0.183. The van der Waals surface area contributed by atoms with Gasteiger partial charge in [0.05, 0.1) is 5.69 Å². The van der Waals surface area contributed by atoms with Gasteiger partial charge in [-0.05, 0) is 0 Å². The molecule has 10 heavy (non-hydrogen) atoms. The third-order valence-corrected chi connectivity index (χ3v) is 1.80. The van der Waals surface area contributed by atoms with Gasteiger partial charge in [0.2, 0.25) is 0 Å². The zero-order valence-corrected chi connectivity index (χ0v) is 6.14. The minimum atomic E-state index is -0.673. The summed E-state index contributed by atoms with van der Waals surface area (Å²) < 4.78 is 0. The van der Waals surface area contributed by atoms with Gasteiger partial charge in [0, 0.05) is 11.9 Å². The lowest BCUT2D eigenvalue weighted by atomic mass is 10.3. The van der Waals surface area contributed by atoms with Crippen molar-refractivity contribution in [3.63, 3.8) is 0 Å². The number of aliphatic hydroxyl groups excluding tert-OH is 1. The van der Waals surface area contributed by atoms with E-state index in [2.05, 4.69) is 4.98 Å². The van der Waals surface area contributed by atoms with Crippen molar-refractivity contribution in [2.45, 2.75) is 6.10 Å². The quantitative estimate of drug-likeness (QED) is 0.554. The van der Waals surface area contributed by atoms with E-state index in [0.29, 0.717) is 10.8 Å². The van der Waals surface area contributed by atoms with E-state index in [9.17, 15) is 0 Å². The van der Waals surface area contributed by atoms with Crippen LogP contribution in [0.15, 0.2) is 5.38 Å². The van der Waals surface area contributed by atoms with Crippen molar-refractivity contribution in [3.8, 4) is 0 Å². The first-order chi connectivity index (χ1) is 4.74. The second kappa shape index (κ2) is 2.96. The fraction of sp³-hybridized carbons (Fsp3) is 0.400. The number of hydrogen-bond acceptors (Lipinski definition) is 5. The molecular weight excluding hydrogens is 150 g/mol. The zero-order valence-electron chi connectivity index (χ0n) is 5.32. The summed E-state index contributed by atoms with van der Waals surface area (Å²) in [6, 6.07) is 0. The van der Waals surface area contributed by atoms with Crippen LogP contribution in [0.3, 0.4) is 0 Å². The number of thiazole rings is 1. The second-order valence-electron chi connectivity index (χ2n) is 1.86. The van der Waals surface area contributed by atoms with Gasteiger partial charge < -0.3 is 16.6 Å². The monoisotopic (exact) mass is 159 g/mol. The number of hydrogen-bond donors (Lipinski definition) is 3. The first-order valence-corrected chi connectivity index (χ1v) is 3.71. The van der Waals surface area contributed by atoms with Gasteiger partial charge in [-0.3, -0.25) is 0 Å². The lowest BCUT2D eigenvalue weighted by Gasteiger charge is -2.00. The van der Waals surface area contributed by atoms with E-state index in [4.69, 9.17) is 16.6 Å². The minimum absolute atomic E-state index is 0.184. The Labute approximate surface area is 62.5 Å². The molecule has 0 fully saturated rings. The van der Waals surface area contributed by atoms with E-state index < -0.39 is 6.10 Å². The van der Waals surface area contributed by atoms with Gasteiger partial charge in [0.25, 0.3) is 0 Å². The van der Waals surface area contributed by atoms with Crippen molar-refractivity contribution >= 4 is 16.5 Å². The summed E-state index contributed by atoms with van der Waals surface area (Å²) in [4.78, 5) is 3.85. The Balaban J connectivity index is 2.74. The highest BCUT2D eigenvalue weighted by molar-refractivity contribution is 7.13. The van der Waals surface area contributed by atoms with Gasteiger partial charge in [-0.1, -0.05) is 0 Å². The number of nitrogen functional groups attached to an aromatic ring is 1. The van der Waals surface area contributed by atoms with Crippen LogP contribution in [0.5, 0.6) is 0 Å². The summed E-state index contributed by atoms with van der Waals surface area (Å²) in [5.41, 5.74) is 11.1. The number of nitrogens with zero attached hydrogens (tertiary/aromatic N) is 1. The van der Waals surface area contributed by atoms with Gasteiger partial charge in [-0.15, -0.1) is 11.3 Å². The molecule has 0 saturated heterocycles. The summed E-state index contributed by atoms with van der Waals surface area (Å²) in [6.07, 6.45) is -0.673. The van der Waals surface area contributed by atoms with Crippen LogP contribution in [-0.4, -0.2) is 16.6 Å². The molecule has 0 amide bonds. The highest BCUT2D eigenvalue weighted by Gasteiger charge is 2.07. The average Bonchev–Trinajstić information content (AvgIpc) is 2.34. The fourth-order valence-corrected chi connectivity index (χ4v) is 1.18. The van der Waals surface area contributed by atoms with Gasteiger partial charge >= 0.3 is 0 Å². The van der Waals surface area contributed by atoms with Crippen LogP contribution in [0.1, 0.15) is 11.8 Å². The molecule has 0 radical (unpaired) electrons. The highest BCUT2D eigenvalue weighted by Crippen LogP contribution is 2.16. The lowest BCUT2D eigenvalue weighted by Crippen LogP contribution is -2.11. The van der Waals surface area contributed by atoms with Crippen LogP contribution in [-0.2, 0) is 0 Å². The van der Waals surface area contributed by atoms with Crippen molar-refractivity contribution in [1.82, 2.24) is 4.98 Å². The predicted molar refractivity (Wildman–Crippen MR) is 40.5 cm³/mol. The van der Waals surface area contributed by atoms with Crippen molar-refractivity contribution < 1.29 is 5.11 Å². The smallest absolute Gasteiger partial charge is 0.180 e. The third-order valence-electron chi connectivity index (χ3n) is 1.10. The standard InChI is InChI=1S/C5H9N3OS/c6-1-4(9)3-2-10-5(7)8-3/h2,4,9H,1,6H2,(H2,7,8). The van der Waals surface area contributed by atoms with Gasteiger partial charge in [-0.2, -0.15) is 0 Å². The molecule has 1 unspecified atom stereocenters. The van der Waals surface area contributed by atoms with E-state index in [-0.39, 0.29) is 6.54 Å². The Bertz CT molecular complexity index is 212. The van der Waals surface area contributed by atoms with E-state index in [0.717, 1.165) is 0 Å². The van der Waals surface area contributed by atoms with Crippen LogP contribution in [0.4, 0.5) is 5.13 Å². The van der Waals surface area contributed by atoms with Crippen molar-refractivity contribution in [1.29, 1.82) is 0 Å². The molecule has 0 saturated carbocycles. The molecule has 1 heterocycles. The van der Waals surface area contributed by atoms with Crippen molar-refractivity contribution in [3.05, 3.63) is 11.1 Å². The molecule has 0 bridgehead atoms. The van der Waals surface area contributed by atoms with Crippen LogP contribution >= 0.6 is 11.3 Å². The van der Waals surface area contributed by atoms with Gasteiger partial charge in [-0.25, -0.2) is 4.98 Å². The molecule has 5 N–H and O–H groups in total. The number of aliphatic hydroxyl groups is 1. The molecule has 0 aliphatic rings. The molecular formula is C5H9N3OS. The average molecular weight is 159 g/mol. The SMILES string of the molecule is NCC(O)c1csc(N)n1. The summed E-state index contributed by atoms with van der Waals surface area (Å²) in [5, 5.41) is 11.3. The van der Waals surface area contributed by atoms with Crippen LogP contribution in [0.25, 0.3) is 0 Å². The molecule has 0 aromatic carbocycles. The minimum Gasteiger partial charge on any atom is -0.385 e. The Morgan fingerprint density at radius 2 is 2.50 bits per heavy atom. The summed E-state index contributed by atoms with van der Waals surface area (Å²) >= 11 is 1.30. The third kappa shape index (κ3) is 1.44. The molecule has 4 nitrogen and oxygen atoms in total. The number of nitrogens with two attached hydrogens (primary N) is 2. The zero-order chi connectivity index (χ0) is 7.56. The molecule has 1 aromatic rings. The van der Waals surface area contributed by atoms with Crippen molar-refractivity contribution in [2.24, 2.45) is 5.73 Å². The summed E-state index contributed by atoms with van der Waals surface area (Å²) in [7, 11) is 0. The Morgan fingerprint density at radius 1 is 1.80 bits per heavy atom. The summed E-state index contributed by atoms with van der Waals surface area (Å²) in [5.74, 6) is 0. The summed E-state index contributed by atoms with van der Waals surface area (Å²) in [6.45, 7) is 0.184. The van der Waals surface area contributed by atoms with Gasteiger partial charge in [0.1, 0.15) is 6.10 Å². The second-order valence-corrected chi connectivity index (χ2v) is 2.75. The Hall–Kier alpha value is -0.650. The van der Waals surface area contributed by atoms with Gasteiger partial charge in [0.15, 0.2) is 5.13 Å². The van der Waals surface area contributed by atoms with E-state index in [1.165, 1.54) is 11.3 Å². The van der Waals surface area contributed by atoms with E-state index >= 15 is 0 Å². The molecule has 0 aliphatic carbocycles. The fourth-order valence-electron chi connectivity index (χ4n) is 0.574. The van der Waals surface area contributed by atoms with Crippen LogP contribution in [0, 0.1) is 0 Å².